The molecule has 1 aliphatic carbocycles. The van der Waals surface area contributed by atoms with Crippen LogP contribution in [0, 0.1) is 0 Å². The summed E-state index contributed by atoms with van der Waals surface area (Å²) in [4.78, 5) is 2.53. The fraction of sp³-hybridized carbons (Fsp3) is 0.667. The molecule has 0 heterocycles. The van der Waals surface area contributed by atoms with Crippen molar-refractivity contribution in [1.29, 1.82) is 0 Å². The van der Waals surface area contributed by atoms with E-state index in [0.29, 0.717) is 0 Å². The normalized spacial score (nSPS) is 17.1. The minimum atomic E-state index is 0.177. The van der Waals surface area contributed by atoms with Crippen molar-refractivity contribution in [2.45, 2.75) is 71.1 Å². The van der Waals surface area contributed by atoms with Crippen molar-refractivity contribution >= 4 is 0 Å². The Hall–Kier alpha value is -0.860. The van der Waals surface area contributed by atoms with E-state index >= 15 is 0 Å². The standard InChI is InChI=1S/C18H30N2/c1-18(2,3)19-13-15-8-7-9-16(12-15)14-20(4)17-10-5-6-11-17/h7-9,12,17,19H,5-6,10-11,13-14H2,1-4H3. The third-order valence-corrected chi connectivity index (χ3v) is 4.19. The quantitative estimate of drug-likeness (QED) is 0.874. The molecule has 112 valence electrons. The van der Waals surface area contributed by atoms with E-state index in [9.17, 15) is 0 Å². The maximum Gasteiger partial charge on any atom is 0.0233 e. The van der Waals surface area contributed by atoms with Crippen molar-refractivity contribution in [3.8, 4) is 0 Å². The predicted molar refractivity (Wildman–Crippen MR) is 86.8 cm³/mol. The number of rotatable bonds is 5. The lowest BCUT2D eigenvalue weighted by Crippen LogP contribution is -2.35. The first kappa shape index (κ1) is 15.5. The second kappa shape index (κ2) is 6.73. The fourth-order valence-corrected chi connectivity index (χ4v) is 2.97. The minimum absolute atomic E-state index is 0.177. The van der Waals surface area contributed by atoms with Crippen molar-refractivity contribution in [2.75, 3.05) is 7.05 Å². The maximum absolute atomic E-state index is 3.56. The molecule has 1 aliphatic rings. The highest BCUT2D eigenvalue weighted by atomic mass is 15.1. The molecule has 20 heavy (non-hydrogen) atoms. The van der Waals surface area contributed by atoms with Crippen molar-refractivity contribution in [3.63, 3.8) is 0 Å². The van der Waals surface area contributed by atoms with E-state index in [1.54, 1.807) is 0 Å². The van der Waals surface area contributed by atoms with Crippen LogP contribution in [0.3, 0.4) is 0 Å². The van der Waals surface area contributed by atoms with E-state index in [-0.39, 0.29) is 5.54 Å². The topological polar surface area (TPSA) is 15.3 Å². The number of benzene rings is 1. The molecule has 0 spiro atoms. The summed E-state index contributed by atoms with van der Waals surface area (Å²) in [6.07, 6.45) is 5.57. The third-order valence-electron chi connectivity index (χ3n) is 4.19. The first-order valence-electron chi connectivity index (χ1n) is 7.97. The average molecular weight is 274 g/mol. The summed E-state index contributed by atoms with van der Waals surface area (Å²) in [5.74, 6) is 0. The summed E-state index contributed by atoms with van der Waals surface area (Å²) in [5, 5.41) is 3.56. The molecule has 0 aromatic heterocycles. The van der Waals surface area contributed by atoms with Gasteiger partial charge in [-0.1, -0.05) is 37.1 Å². The highest BCUT2D eigenvalue weighted by Gasteiger charge is 2.19. The van der Waals surface area contributed by atoms with Crippen LogP contribution in [0.5, 0.6) is 0 Å². The second-order valence-corrected chi connectivity index (χ2v) is 7.28. The first-order valence-corrected chi connectivity index (χ1v) is 7.97. The van der Waals surface area contributed by atoms with E-state index in [0.717, 1.165) is 19.1 Å². The van der Waals surface area contributed by atoms with Gasteiger partial charge in [-0.15, -0.1) is 0 Å². The zero-order valence-corrected chi connectivity index (χ0v) is 13.6. The van der Waals surface area contributed by atoms with Gasteiger partial charge in [-0.2, -0.15) is 0 Å². The molecule has 0 unspecified atom stereocenters. The molecule has 1 N–H and O–H groups in total. The van der Waals surface area contributed by atoms with Crippen molar-refractivity contribution < 1.29 is 0 Å². The molecule has 0 bridgehead atoms. The minimum Gasteiger partial charge on any atom is -0.308 e. The van der Waals surface area contributed by atoms with Crippen LogP contribution < -0.4 is 5.32 Å². The largest absolute Gasteiger partial charge is 0.308 e. The zero-order valence-electron chi connectivity index (χ0n) is 13.6. The van der Waals surface area contributed by atoms with Crippen LogP contribution in [-0.2, 0) is 13.1 Å². The van der Waals surface area contributed by atoms with Crippen LogP contribution in [0.4, 0.5) is 0 Å². The van der Waals surface area contributed by atoms with Crippen LogP contribution in [0.25, 0.3) is 0 Å². The van der Waals surface area contributed by atoms with Crippen LogP contribution in [0.1, 0.15) is 57.6 Å². The maximum atomic E-state index is 3.56. The molecule has 2 nitrogen and oxygen atoms in total. The van der Waals surface area contributed by atoms with Crippen molar-refractivity contribution in [3.05, 3.63) is 35.4 Å². The van der Waals surface area contributed by atoms with Gasteiger partial charge in [0.25, 0.3) is 0 Å². The Morgan fingerprint density at radius 3 is 2.45 bits per heavy atom. The molecule has 1 saturated carbocycles. The molecule has 0 aliphatic heterocycles. The Balaban J connectivity index is 1.91. The van der Waals surface area contributed by atoms with Gasteiger partial charge in [-0.25, -0.2) is 0 Å². The summed E-state index contributed by atoms with van der Waals surface area (Å²) in [7, 11) is 2.27. The number of hydrogen-bond donors (Lipinski definition) is 1. The Bertz CT molecular complexity index is 414. The molecule has 1 aromatic rings. The van der Waals surface area contributed by atoms with E-state index in [4.69, 9.17) is 0 Å². The van der Waals surface area contributed by atoms with Gasteiger partial charge in [0, 0.05) is 24.7 Å². The molecule has 1 aromatic carbocycles. The fourth-order valence-electron chi connectivity index (χ4n) is 2.97. The highest BCUT2D eigenvalue weighted by molar-refractivity contribution is 5.23. The lowest BCUT2D eigenvalue weighted by atomic mass is 10.1. The first-order chi connectivity index (χ1) is 9.44. The molecule has 1 fully saturated rings. The monoisotopic (exact) mass is 274 g/mol. The summed E-state index contributed by atoms with van der Waals surface area (Å²) in [6.45, 7) is 8.67. The van der Waals surface area contributed by atoms with Gasteiger partial charge in [0.05, 0.1) is 0 Å². The summed E-state index contributed by atoms with van der Waals surface area (Å²) in [5.41, 5.74) is 3.00. The molecule has 0 amide bonds. The van der Waals surface area contributed by atoms with Crippen LogP contribution in [-0.4, -0.2) is 23.5 Å². The molecule has 0 radical (unpaired) electrons. The average Bonchev–Trinajstić information content (AvgIpc) is 2.90. The summed E-state index contributed by atoms with van der Waals surface area (Å²) < 4.78 is 0. The Morgan fingerprint density at radius 2 is 1.80 bits per heavy atom. The van der Waals surface area contributed by atoms with E-state index in [1.807, 2.05) is 0 Å². The molecule has 0 atom stereocenters. The van der Waals surface area contributed by atoms with Gasteiger partial charge in [-0.05, 0) is 51.8 Å². The molecule has 0 saturated heterocycles. The van der Waals surface area contributed by atoms with Crippen LogP contribution >= 0.6 is 0 Å². The van der Waals surface area contributed by atoms with Gasteiger partial charge < -0.3 is 5.32 Å². The summed E-state index contributed by atoms with van der Waals surface area (Å²) in [6, 6.07) is 9.82. The van der Waals surface area contributed by atoms with Gasteiger partial charge in [0.2, 0.25) is 0 Å². The van der Waals surface area contributed by atoms with Gasteiger partial charge in [-0.3, -0.25) is 4.90 Å². The van der Waals surface area contributed by atoms with Gasteiger partial charge in [0.15, 0.2) is 0 Å². The highest BCUT2D eigenvalue weighted by Crippen LogP contribution is 2.23. The van der Waals surface area contributed by atoms with E-state index < -0.39 is 0 Å². The second-order valence-electron chi connectivity index (χ2n) is 7.28. The molecular weight excluding hydrogens is 244 g/mol. The zero-order chi connectivity index (χ0) is 14.6. The molecule has 2 rings (SSSR count). The lowest BCUT2D eigenvalue weighted by molar-refractivity contribution is 0.237. The van der Waals surface area contributed by atoms with E-state index in [1.165, 1.54) is 36.8 Å². The smallest absolute Gasteiger partial charge is 0.0233 e. The van der Waals surface area contributed by atoms with Crippen LogP contribution in [0.15, 0.2) is 24.3 Å². The SMILES string of the molecule is CN(Cc1cccc(CNC(C)(C)C)c1)C1CCCC1. The number of nitrogens with one attached hydrogen (secondary N) is 1. The van der Waals surface area contributed by atoms with Crippen molar-refractivity contribution in [2.24, 2.45) is 0 Å². The Labute approximate surface area is 124 Å². The van der Waals surface area contributed by atoms with Crippen LogP contribution in [0.2, 0.25) is 0 Å². The lowest BCUT2D eigenvalue weighted by Gasteiger charge is -2.24. The molecular formula is C18H30N2. The third kappa shape index (κ3) is 4.92. The summed E-state index contributed by atoms with van der Waals surface area (Å²) >= 11 is 0. The number of hydrogen-bond acceptors (Lipinski definition) is 2. The predicted octanol–water partition coefficient (Wildman–Crippen LogP) is 3.95. The van der Waals surface area contributed by atoms with Gasteiger partial charge in [0.1, 0.15) is 0 Å². The Morgan fingerprint density at radius 1 is 1.15 bits per heavy atom. The van der Waals surface area contributed by atoms with Gasteiger partial charge >= 0.3 is 0 Å². The van der Waals surface area contributed by atoms with Crippen molar-refractivity contribution in [1.82, 2.24) is 10.2 Å². The molecule has 2 heteroatoms. The Kier molecular flexibility index (Phi) is 5.22. The number of nitrogens with zero attached hydrogens (tertiary/aromatic N) is 1. The van der Waals surface area contributed by atoms with E-state index in [2.05, 4.69) is 62.3 Å².